The predicted molar refractivity (Wildman–Crippen MR) is 106 cm³/mol. The number of hydrogen-bond donors (Lipinski definition) is 2. The van der Waals surface area contributed by atoms with E-state index in [-0.39, 0.29) is 18.3 Å². The molecule has 3 rings (SSSR count). The molecule has 0 unspecified atom stereocenters. The number of rotatable bonds is 6. The second kappa shape index (κ2) is 8.45. The molecule has 0 radical (unpaired) electrons. The van der Waals surface area contributed by atoms with E-state index in [4.69, 9.17) is 0 Å². The minimum absolute atomic E-state index is 0.124. The van der Waals surface area contributed by atoms with Crippen LogP contribution in [0, 0.1) is 5.82 Å². The van der Waals surface area contributed by atoms with Gasteiger partial charge in [0, 0.05) is 24.0 Å². The van der Waals surface area contributed by atoms with Crippen LogP contribution in [0.3, 0.4) is 0 Å². The summed E-state index contributed by atoms with van der Waals surface area (Å²) in [6, 6.07) is 16.2. The van der Waals surface area contributed by atoms with Gasteiger partial charge in [-0.05, 0) is 29.7 Å². The van der Waals surface area contributed by atoms with Gasteiger partial charge in [0.15, 0.2) is 0 Å². The SMILES string of the molecule is CC(C)c1ccccc1Nc1cncc(C(=O)NCc2ccccc2F)c1. The highest BCUT2D eigenvalue weighted by molar-refractivity contribution is 5.94. The molecule has 1 heterocycles. The first kappa shape index (κ1) is 18.6. The number of aromatic nitrogens is 1. The maximum absolute atomic E-state index is 13.7. The molecule has 0 aliphatic heterocycles. The Morgan fingerprint density at radius 3 is 2.59 bits per heavy atom. The molecule has 2 aromatic carbocycles. The number of pyridine rings is 1. The van der Waals surface area contributed by atoms with E-state index in [0.717, 1.165) is 11.4 Å². The number of nitrogens with one attached hydrogen (secondary N) is 2. The zero-order valence-corrected chi connectivity index (χ0v) is 15.4. The van der Waals surface area contributed by atoms with Gasteiger partial charge in [-0.3, -0.25) is 9.78 Å². The number of anilines is 2. The van der Waals surface area contributed by atoms with E-state index in [1.807, 2.05) is 18.2 Å². The Labute approximate surface area is 158 Å². The molecule has 0 aliphatic rings. The number of carbonyl (C=O) groups excluding carboxylic acids is 1. The van der Waals surface area contributed by atoms with E-state index in [2.05, 4.69) is 35.5 Å². The largest absolute Gasteiger partial charge is 0.354 e. The molecule has 0 aliphatic carbocycles. The number of carbonyl (C=O) groups is 1. The molecule has 0 spiro atoms. The third kappa shape index (κ3) is 4.70. The number of amides is 1. The van der Waals surface area contributed by atoms with Crippen LogP contribution in [0.15, 0.2) is 67.0 Å². The molecule has 2 N–H and O–H groups in total. The molecule has 138 valence electrons. The van der Waals surface area contributed by atoms with Gasteiger partial charge >= 0.3 is 0 Å². The highest BCUT2D eigenvalue weighted by atomic mass is 19.1. The lowest BCUT2D eigenvalue weighted by atomic mass is 10.0. The number of nitrogens with zero attached hydrogens (tertiary/aromatic N) is 1. The van der Waals surface area contributed by atoms with Gasteiger partial charge in [0.05, 0.1) is 17.4 Å². The zero-order chi connectivity index (χ0) is 19.2. The van der Waals surface area contributed by atoms with Crippen molar-refractivity contribution in [1.29, 1.82) is 0 Å². The van der Waals surface area contributed by atoms with Crippen LogP contribution in [-0.2, 0) is 6.54 Å². The topological polar surface area (TPSA) is 54.0 Å². The molecule has 0 saturated carbocycles. The van der Waals surface area contributed by atoms with E-state index < -0.39 is 0 Å². The standard InChI is InChI=1S/C22H22FN3O/c1-15(2)19-8-4-6-10-21(19)26-18-11-17(12-24-14-18)22(27)25-13-16-7-3-5-9-20(16)23/h3-12,14-15,26H,13H2,1-2H3,(H,25,27). The first-order valence-electron chi connectivity index (χ1n) is 8.87. The Morgan fingerprint density at radius 2 is 1.81 bits per heavy atom. The van der Waals surface area contributed by atoms with E-state index in [1.54, 1.807) is 30.5 Å². The summed E-state index contributed by atoms with van der Waals surface area (Å²) in [6.07, 6.45) is 3.17. The zero-order valence-electron chi connectivity index (χ0n) is 15.4. The average molecular weight is 363 g/mol. The minimum Gasteiger partial charge on any atom is -0.354 e. The summed E-state index contributed by atoms with van der Waals surface area (Å²) in [4.78, 5) is 16.6. The number of halogens is 1. The van der Waals surface area contributed by atoms with Crippen LogP contribution in [0.25, 0.3) is 0 Å². The maximum Gasteiger partial charge on any atom is 0.253 e. The van der Waals surface area contributed by atoms with Gasteiger partial charge in [0.25, 0.3) is 5.91 Å². The molecule has 0 fully saturated rings. The Kier molecular flexibility index (Phi) is 5.81. The van der Waals surface area contributed by atoms with Crippen LogP contribution in [0.5, 0.6) is 0 Å². The van der Waals surface area contributed by atoms with Gasteiger partial charge in [0.1, 0.15) is 5.82 Å². The summed E-state index contributed by atoms with van der Waals surface area (Å²) in [5.41, 5.74) is 3.75. The average Bonchev–Trinajstić information content (AvgIpc) is 2.67. The van der Waals surface area contributed by atoms with Crippen LogP contribution < -0.4 is 10.6 Å². The Balaban J connectivity index is 1.72. The lowest BCUT2D eigenvalue weighted by molar-refractivity contribution is 0.0950. The first-order valence-corrected chi connectivity index (χ1v) is 8.87. The van der Waals surface area contributed by atoms with Crippen molar-refractivity contribution in [2.45, 2.75) is 26.3 Å². The van der Waals surface area contributed by atoms with Crippen molar-refractivity contribution >= 4 is 17.3 Å². The van der Waals surface area contributed by atoms with Crippen molar-refractivity contribution < 1.29 is 9.18 Å². The summed E-state index contributed by atoms with van der Waals surface area (Å²) in [6.45, 7) is 4.38. The molecule has 0 atom stereocenters. The Bertz CT molecular complexity index is 940. The number of hydrogen-bond acceptors (Lipinski definition) is 3. The molecule has 0 saturated heterocycles. The Hall–Kier alpha value is -3.21. The molecule has 4 nitrogen and oxygen atoms in total. The quantitative estimate of drug-likeness (QED) is 0.647. The minimum atomic E-state index is -0.336. The highest BCUT2D eigenvalue weighted by Crippen LogP contribution is 2.26. The summed E-state index contributed by atoms with van der Waals surface area (Å²) in [7, 11) is 0. The fourth-order valence-corrected chi connectivity index (χ4v) is 2.82. The molecule has 5 heteroatoms. The highest BCUT2D eigenvalue weighted by Gasteiger charge is 2.10. The monoisotopic (exact) mass is 363 g/mol. The predicted octanol–water partition coefficient (Wildman–Crippen LogP) is 5.02. The third-order valence-electron chi connectivity index (χ3n) is 4.26. The second-order valence-corrected chi connectivity index (χ2v) is 6.60. The van der Waals surface area contributed by atoms with Crippen LogP contribution in [0.2, 0.25) is 0 Å². The summed E-state index contributed by atoms with van der Waals surface area (Å²) in [5, 5.41) is 6.06. The summed E-state index contributed by atoms with van der Waals surface area (Å²) in [5.74, 6) is -0.267. The second-order valence-electron chi connectivity index (χ2n) is 6.60. The van der Waals surface area contributed by atoms with Gasteiger partial charge in [-0.25, -0.2) is 4.39 Å². The molecule has 0 bridgehead atoms. The fraction of sp³-hybridized carbons (Fsp3) is 0.182. The molecule has 1 amide bonds. The van der Waals surface area contributed by atoms with Gasteiger partial charge < -0.3 is 10.6 Å². The van der Waals surface area contributed by atoms with Crippen LogP contribution in [0.4, 0.5) is 15.8 Å². The van der Waals surface area contributed by atoms with Gasteiger partial charge in [-0.1, -0.05) is 50.2 Å². The molecular weight excluding hydrogens is 341 g/mol. The molecule has 27 heavy (non-hydrogen) atoms. The first-order chi connectivity index (χ1) is 13.0. The van der Waals surface area contributed by atoms with Gasteiger partial charge in [-0.15, -0.1) is 0 Å². The number of benzene rings is 2. The van der Waals surface area contributed by atoms with Crippen molar-refractivity contribution in [2.75, 3.05) is 5.32 Å². The maximum atomic E-state index is 13.7. The van der Waals surface area contributed by atoms with Gasteiger partial charge in [0.2, 0.25) is 0 Å². The van der Waals surface area contributed by atoms with Gasteiger partial charge in [-0.2, -0.15) is 0 Å². The number of para-hydroxylation sites is 1. The van der Waals surface area contributed by atoms with E-state index in [9.17, 15) is 9.18 Å². The van der Waals surface area contributed by atoms with Crippen molar-refractivity contribution in [1.82, 2.24) is 10.3 Å². The van der Waals surface area contributed by atoms with E-state index in [1.165, 1.54) is 17.8 Å². The van der Waals surface area contributed by atoms with Crippen LogP contribution >= 0.6 is 0 Å². The lowest BCUT2D eigenvalue weighted by Gasteiger charge is -2.15. The van der Waals surface area contributed by atoms with E-state index in [0.29, 0.717) is 17.0 Å². The normalized spacial score (nSPS) is 10.7. The molecule has 1 aromatic heterocycles. The van der Waals surface area contributed by atoms with Crippen LogP contribution in [-0.4, -0.2) is 10.9 Å². The fourth-order valence-electron chi connectivity index (χ4n) is 2.82. The van der Waals surface area contributed by atoms with Crippen molar-refractivity contribution in [2.24, 2.45) is 0 Å². The smallest absolute Gasteiger partial charge is 0.253 e. The molecular formula is C22H22FN3O. The van der Waals surface area contributed by atoms with E-state index >= 15 is 0 Å². The van der Waals surface area contributed by atoms with Crippen LogP contribution in [0.1, 0.15) is 41.3 Å². The van der Waals surface area contributed by atoms with Crippen molar-refractivity contribution in [3.05, 3.63) is 89.5 Å². The van der Waals surface area contributed by atoms with Crippen molar-refractivity contribution in [3.63, 3.8) is 0 Å². The van der Waals surface area contributed by atoms with Crippen molar-refractivity contribution in [3.8, 4) is 0 Å². The Morgan fingerprint density at radius 1 is 1.07 bits per heavy atom. The summed E-state index contributed by atoms with van der Waals surface area (Å²) < 4.78 is 13.7. The lowest BCUT2D eigenvalue weighted by Crippen LogP contribution is -2.23. The summed E-state index contributed by atoms with van der Waals surface area (Å²) >= 11 is 0. The third-order valence-corrected chi connectivity index (χ3v) is 4.26. The molecule has 3 aromatic rings.